The van der Waals surface area contributed by atoms with Gasteiger partial charge in [0.15, 0.2) is 0 Å². The van der Waals surface area contributed by atoms with Crippen molar-refractivity contribution in [1.82, 2.24) is 0 Å². The molecule has 1 atom stereocenters. The summed E-state index contributed by atoms with van der Waals surface area (Å²) >= 11 is 9.84. The van der Waals surface area contributed by atoms with E-state index in [4.69, 9.17) is 0 Å². The maximum Gasteiger partial charge on any atom is 0.147 e. The molecule has 0 aliphatic carbocycles. The van der Waals surface area contributed by atoms with Gasteiger partial charge in [-0.1, -0.05) is 15.9 Å². The second-order valence-corrected chi connectivity index (χ2v) is 5.32. The predicted octanol–water partition coefficient (Wildman–Crippen LogP) is 3.60. The average molecular weight is 371 g/mol. The number of carbonyl (C=O) groups is 1. The van der Waals surface area contributed by atoms with Crippen LogP contribution in [-0.4, -0.2) is 5.78 Å². The molecule has 0 N–H and O–H groups in total. The number of ketones is 1. The van der Waals surface area contributed by atoms with E-state index < -0.39 is 0 Å². The average Bonchev–Trinajstić information content (AvgIpc) is 2.08. The van der Waals surface area contributed by atoms with Gasteiger partial charge in [-0.15, -0.1) is 12.6 Å². The molecule has 0 heterocycles. The van der Waals surface area contributed by atoms with Crippen molar-refractivity contribution >= 4 is 56.9 Å². The van der Waals surface area contributed by atoms with E-state index in [-0.39, 0.29) is 10.6 Å². The summed E-state index contributed by atoms with van der Waals surface area (Å²) in [7, 11) is 0. The minimum absolute atomic E-state index is 0.0947. The number of alkyl halides is 1. The van der Waals surface area contributed by atoms with E-state index in [9.17, 15) is 4.79 Å². The molecule has 1 aromatic rings. The maximum atomic E-state index is 11.1. The molecule has 13 heavy (non-hydrogen) atoms. The molecule has 0 saturated carbocycles. The summed E-state index contributed by atoms with van der Waals surface area (Å²) in [5.41, 5.74) is 0.933. The minimum Gasteiger partial charge on any atom is -0.298 e. The number of thiol groups is 1. The summed E-state index contributed by atoms with van der Waals surface area (Å²) in [6.07, 6.45) is 0. The zero-order valence-electron chi connectivity index (χ0n) is 6.92. The highest BCUT2D eigenvalue weighted by Gasteiger charge is 2.15. The van der Waals surface area contributed by atoms with Crippen molar-refractivity contribution in [3.05, 3.63) is 27.3 Å². The van der Waals surface area contributed by atoms with Gasteiger partial charge in [0.1, 0.15) is 5.78 Å². The highest BCUT2D eigenvalue weighted by molar-refractivity contribution is 14.1. The number of hydrogen-bond donors (Lipinski definition) is 1. The zero-order chi connectivity index (χ0) is 10.0. The lowest BCUT2D eigenvalue weighted by atomic mass is 10.1. The first-order chi connectivity index (χ1) is 6.02. The van der Waals surface area contributed by atoms with Crippen LogP contribution in [0.15, 0.2) is 23.1 Å². The molecular weight excluding hydrogens is 363 g/mol. The van der Waals surface area contributed by atoms with Gasteiger partial charge in [0.25, 0.3) is 0 Å². The normalized spacial score (nSPS) is 12.6. The molecule has 0 fully saturated rings. The van der Waals surface area contributed by atoms with Gasteiger partial charge in [-0.05, 0) is 53.3 Å². The van der Waals surface area contributed by atoms with Gasteiger partial charge in [-0.2, -0.15) is 0 Å². The molecular formula is C9H8BrIOS. The molecule has 0 amide bonds. The molecule has 1 unspecified atom stereocenters. The van der Waals surface area contributed by atoms with Gasteiger partial charge >= 0.3 is 0 Å². The van der Waals surface area contributed by atoms with Gasteiger partial charge in [-0.3, -0.25) is 4.79 Å². The highest BCUT2D eigenvalue weighted by Crippen LogP contribution is 2.30. The van der Waals surface area contributed by atoms with Crippen molar-refractivity contribution in [2.24, 2.45) is 0 Å². The lowest BCUT2D eigenvalue weighted by Gasteiger charge is -2.09. The second-order valence-electron chi connectivity index (χ2n) is 2.68. The van der Waals surface area contributed by atoms with Crippen molar-refractivity contribution < 1.29 is 4.79 Å². The Morgan fingerprint density at radius 2 is 2.23 bits per heavy atom. The van der Waals surface area contributed by atoms with E-state index in [1.807, 2.05) is 18.2 Å². The number of rotatable bonds is 2. The summed E-state index contributed by atoms with van der Waals surface area (Å²) in [5, 5.41) is 0. The van der Waals surface area contributed by atoms with Crippen LogP contribution in [0.1, 0.15) is 17.3 Å². The van der Waals surface area contributed by atoms with Crippen LogP contribution in [-0.2, 0) is 4.79 Å². The van der Waals surface area contributed by atoms with E-state index in [2.05, 4.69) is 51.1 Å². The van der Waals surface area contributed by atoms with Crippen LogP contribution in [0.4, 0.5) is 0 Å². The van der Waals surface area contributed by atoms with Crippen molar-refractivity contribution in [3.63, 3.8) is 0 Å². The summed E-state index contributed by atoms with van der Waals surface area (Å²) < 4.78 is 1.11. The number of hydrogen-bond acceptors (Lipinski definition) is 2. The van der Waals surface area contributed by atoms with E-state index in [0.717, 1.165) is 14.0 Å². The first-order valence-corrected chi connectivity index (χ1v) is 6.09. The highest BCUT2D eigenvalue weighted by atomic mass is 127. The lowest BCUT2D eigenvalue weighted by Crippen LogP contribution is -2.02. The third-order valence-corrected chi connectivity index (χ3v) is 3.84. The Hall–Kier alpha value is 0.450. The van der Waals surface area contributed by atoms with Crippen LogP contribution in [0.2, 0.25) is 0 Å². The lowest BCUT2D eigenvalue weighted by molar-refractivity contribution is -0.116. The third kappa shape index (κ3) is 2.95. The van der Waals surface area contributed by atoms with Crippen LogP contribution in [0.25, 0.3) is 0 Å². The Labute approximate surface area is 105 Å². The summed E-state index contributed by atoms with van der Waals surface area (Å²) in [4.78, 5) is 11.7. The van der Waals surface area contributed by atoms with Crippen molar-refractivity contribution in [3.8, 4) is 0 Å². The molecule has 0 aromatic heterocycles. The van der Waals surface area contributed by atoms with E-state index in [1.165, 1.54) is 0 Å². The van der Waals surface area contributed by atoms with Crippen LogP contribution in [0.5, 0.6) is 0 Å². The van der Waals surface area contributed by atoms with Crippen molar-refractivity contribution in [2.75, 3.05) is 0 Å². The molecule has 1 nitrogen and oxygen atoms in total. The molecule has 0 spiro atoms. The minimum atomic E-state index is -0.241. The Balaban J connectivity index is 3.12. The van der Waals surface area contributed by atoms with Crippen LogP contribution < -0.4 is 0 Å². The summed E-state index contributed by atoms with van der Waals surface area (Å²) in [6, 6.07) is 5.83. The number of carbonyl (C=O) groups excluding carboxylic acids is 1. The molecule has 0 aliphatic heterocycles. The maximum absolute atomic E-state index is 11.1. The van der Waals surface area contributed by atoms with Crippen LogP contribution >= 0.6 is 51.1 Å². The Bertz CT molecular complexity index is 340. The largest absolute Gasteiger partial charge is 0.298 e. The Morgan fingerprint density at radius 3 is 2.77 bits per heavy atom. The van der Waals surface area contributed by atoms with E-state index >= 15 is 0 Å². The quantitative estimate of drug-likeness (QED) is 0.478. The van der Waals surface area contributed by atoms with Gasteiger partial charge in [0.05, 0.1) is 4.83 Å². The molecule has 0 radical (unpaired) electrons. The third-order valence-electron chi connectivity index (χ3n) is 1.62. The number of Topliss-reactive ketones (excluding diaryl/α,β-unsaturated/α-hetero) is 1. The summed E-state index contributed by atoms with van der Waals surface area (Å²) in [5.74, 6) is 0.0947. The van der Waals surface area contributed by atoms with Crippen molar-refractivity contribution in [2.45, 2.75) is 16.6 Å². The van der Waals surface area contributed by atoms with Crippen LogP contribution in [0, 0.1) is 3.57 Å². The van der Waals surface area contributed by atoms with Crippen LogP contribution in [0.3, 0.4) is 0 Å². The summed E-state index contributed by atoms with van der Waals surface area (Å²) in [6.45, 7) is 1.56. The molecule has 0 saturated heterocycles. The SMILES string of the molecule is CC(=O)C(Br)c1cc(I)ccc1S. The topological polar surface area (TPSA) is 17.1 Å². The fourth-order valence-electron chi connectivity index (χ4n) is 0.947. The number of halogens is 2. The zero-order valence-corrected chi connectivity index (χ0v) is 11.6. The van der Waals surface area contributed by atoms with E-state index in [0.29, 0.717) is 0 Å². The predicted molar refractivity (Wildman–Crippen MR) is 68.8 cm³/mol. The standard InChI is InChI=1S/C9H8BrIOS/c1-5(12)9(10)7-4-6(11)2-3-8(7)13/h2-4,9,13H,1H3. The second kappa shape index (κ2) is 4.79. The fourth-order valence-corrected chi connectivity index (χ4v) is 2.29. The Kier molecular flexibility index (Phi) is 4.25. The molecule has 0 aliphatic rings. The molecule has 70 valence electrons. The van der Waals surface area contributed by atoms with Gasteiger partial charge in [0.2, 0.25) is 0 Å². The Morgan fingerprint density at radius 1 is 1.62 bits per heavy atom. The van der Waals surface area contributed by atoms with Gasteiger partial charge in [-0.25, -0.2) is 0 Å². The first-order valence-electron chi connectivity index (χ1n) is 3.65. The van der Waals surface area contributed by atoms with Gasteiger partial charge in [0, 0.05) is 8.47 Å². The van der Waals surface area contributed by atoms with E-state index in [1.54, 1.807) is 6.92 Å². The fraction of sp³-hybridized carbons (Fsp3) is 0.222. The smallest absolute Gasteiger partial charge is 0.147 e. The monoisotopic (exact) mass is 370 g/mol. The molecule has 4 heteroatoms. The molecule has 1 rings (SSSR count). The number of benzene rings is 1. The van der Waals surface area contributed by atoms with Gasteiger partial charge < -0.3 is 0 Å². The molecule has 0 bridgehead atoms. The van der Waals surface area contributed by atoms with Crippen molar-refractivity contribution in [1.29, 1.82) is 0 Å². The molecule has 1 aromatic carbocycles. The first kappa shape index (κ1) is 11.5.